The van der Waals surface area contributed by atoms with Crippen LogP contribution in [-0.2, 0) is 4.79 Å². The van der Waals surface area contributed by atoms with E-state index < -0.39 is 0 Å². The van der Waals surface area contributed by atoms with Crippen LogP contribution in [0.4, 0.5) is 4.79 Å². The van der Waals surface area contributed by atoms with Gasteiger partial charge < -0.3 is 0 Å². The molecule has 0 aromatic heterocycles. The number of nitrogens with one attached hydrogen (secondary N) is 1. The molecule has 2 atom stereocenters. The van der Waals surface area contributed by atoms with E-state index in [2.05, 4.69) is 5.32 Å². The summed E-state index contributed by atoms with van der Waals surface area (Å²) in [5, 5.41) is 2.32. The summed E-state index contributed by atoms with van der Waals surface area (Å²) in [6, 6.07) is 9.23. The molecule has 1 aromatic carbocycles. The minimum Gasteiger partial charge on any atom is -0.295 e. The highest BCUT2D eigenvalue weighted by Gasteiger charge is 2.47. The van der Waals surface area contributed by atoms with Gasteiger partial charge in [-0.1, -0.05) is 30.3 Å². The topological polar surface area (TPSA) is 49.4 Å². The number of amides is 3. The number of benzene rings is 1. The van der Waals surface area contributed by atoms with Crippen molar-refractivity contribution in [3.8, 4) is 0 Å². The predicted octanol–water partition coefficient (Wildman–Crippen LogP) is 1.35. The monoisotopic (exact) mass is 234 g/mol. The van der Waals surface area contributed by atoms with Crippen molar-refractivity contribution in [1.82, 2.24) is 10.2 Å². The Bertz CT molecular complexity index is 449. The second-order valence-electron chi connectivity index (χ2n) is 3.81. The maximum absolute atomic E-state index is 11.6. The summed E-state index contributed by atoms with van der Waals surface area (Å²) in [5.74, 6) is 0.507. The van der Waals surface area contributed by atoms with Crippen LogP contribution >= 0.6 is 11.8 Å². The van der Waals surface area contributed by atoms with Gasteiger partial charge >= 0.3 is 6.03 Å². The van der Waals surface area contributed by atoms with E-state index in [0.717, 1.165) is 5.56 Å². The Balaban J connectivity index is 1.94. The summed E-state index contributed by atoms with van der Waals surface area (Å²) < 4.78 is 0. The molecule has 1 N–H and O–H groups in total. The van der Waals surface area contributed by atoms with Gasteiger partial charge in [-0.05, 0) is 5.56 Å². The van der Waals surface area contributed by atoms with Crippen LogP contribution in [0.15, 0.2) is 30.3 Å². The molecule has 82 valence electrons. The van der Waals surface area contributed by atoms with Crippen molar-refractivity contribution in [3.05, 3.63) is 35.9 Å². The molecule has 2 aliphatic heterocycles. The van der Waals surface area contributed by atoms with Gasteiger partial charge in [-0.2, -0.15) is 0 Å². The van der Waals surface area contributed by atoms with Crippen molar-refractivity contribution in [2.75, 3.05) is 5.75 Å². The van der Waals surface area contributed by atoms with Crippen molar-refractivity contribution < 1.29 is 9.59 Å². The maximum atomic E-state index is 11.6. The molecular weight excluding hydrogens is 224 g/mol. The normalized spacial score (nSPS) is 28.1. The molecule has 2 saturated heterocycles. The Hall–Kier alpha value is -1.49. The lowest BCUT2D eigenvalue weighted by molar-refractivity contribution is -0.120. The van der Waals surface area contributed by atoms with Crippen LogP contribution in [0.25, 0.3) is 0 Å². The molecule has 2 fully saturated rings. The predicted molar refractivity (Wildman–Crippen MR) is 60.8 cm³/mol. The number of hydrogen-bond donors (Lipinski definition) is 1. The highest BCUT2D eigenvalue weighted by Crippen LogP contribution is 2.42. The van der Waals surface area contributed by atoms with E-state index in [-0.39, 0.29) is 23.4 Å². The summed E-state index contributed by atoms with van der Waals surface area (Å²) in [6.45, 7) is 0. The van der Waals surface area contributed by atoms with E-state index in [9.17, 15) is 9.59 Å². The summed E-state index contributed by atoms with van der Waals surface area (Å²) in [4.78, 5) is 24.7. The summed E-state index contributed by atoms with van der Waals surface area (Å²) in [7, 11) is 0. The number of imide groups is 1. The van der Waals surface area contributed by atoms with Crippen LogP contribution in [0, 0.1) is 0 Å². The van der Waals surface area contributed by atoms with Crippen molar-refractivity contribution in [3.63, 3.8) is 0 Å². The third-order valence-corrected chi connectivity index (χ3v) is 4.18. The van der Waals surface area contributed by atoms with E-state index in [0.29, 0.717) is 5.75 Å². The van der Waals surface area contributed by atoms with E-state index >= 15 is 0 Å². The zero-order valence-electron chi connectivity index (χ0n) is 8.42. The second-order valence-corrected chi connectivity index (χ2v) is 4.93. The zero-order chi connectivity index (χ0) is 11.1. The molecule has 3 amide bonds. The molecule has 0 spiro atoms. The van der Waals surface area contributed by atoms with Crippen LogP contribution < -0.4 is 5.32 Å². The fraction of sp³-hybridized carbons (Fsp3) is 0.273. The molecule has 0 radical (unpaired) electrons. The van der Waals surface area contributed by atoms with Gasteiger partial charge in [0.25, 0.3) is 5.91 Å². The van der Waals surface area contributed by atoms with Gasteiger partial charge in [0.1, 0.15) is 11.4 Å². The number of nitrogens with zero attached hydrogens (tertiary/aromatic N) is 1. The van der Waals surface area contributed by atoms with Crippen LogP contribution in [0.5, 0.6) is 0 Å². The van der Waals surface area contributed by atoms with Crippen molar-refractivity contribution >= 4 is 23.7 Å². The minimum atomic E-state index is -0.289. The molecule has 1 aromatic rings. The molecule has 2 heterocycles. The third-order valence-electron chi connectivity index (χ3n) is 2.85. The fourth-order valence-corrected chi connectivity index (χ4v) is 3.51. The first-order valence-electron chi connectivity index (χ1n) is 5.07. The lowest BCUT2D eigenvalue weighted by atomic mass is 10.2. The summed E-state index contributed by atoms with van der Waals surface area (Å²) in [5.41, 5.74) is 1.07. The maximum Gasteiger partial charge on any atom is 0.326 e. The Morgan fingerprint density at radius 2 is 2.00 bits per heavy atom. The molecule has 3 rings (SSSR count). The van der Waals surface area contributed by atoms with E-state index in [1.165, 1.54) is 0 Å². The zero-order valence-corrected chi connectivity index (χ0v) is 9.24. The first kappa shape index (κ1) is 9.72. The lowest BCUT2D eigenvalue weighted by Crippen LogP contribution is -2.32. The average molecular weight is 234 g/mol. The van der Waals surface area contributed by atoms with E-state index in [1.54, 1.807) is 16.7 Å². The van der Waals surface area contributed by atoms with Gasteiger partial charge in [0, 0.05) is 5.75 Å². The molecule has 0 bridgehead atoms. The smallest absolute Gasteiger partial charge is 0.295 e. The number of carbonyl (C=O) groups excluding carboxylic acids is 2. The Morgan fingerprint density at radius 1 is 1.25 bits per heavy atom. The van der Waals surface area contributed by atoms with Crippen molar-refractivity contribution in [1.29, 1.82) is 0 Å². The summed E-state index contributed by atoms with van der Waals surface area (Å²) in [6.07, 6.45) is 0. The Morgan fingerprint density at radius 3 is 2.75 bits per heavy atom. The minimum absolute atomic E-state index is 0.0300. The SMILES string of the molecule is O=C1NC(=O)N2C1CSC2c1ccccc1. The molecule has 16 heavy (non-hydrogen) atoms. The lowest BCUT2D eigenvalue weighted by Gasteiger charge is -2.20. The van der Waals surface area contributed by atoms with Crippen molar-refractivity contribution in [2.24, 2.45) is 0 Å². The molecule has 0 aliphatic carbocycles. The molecule has 5 heteroatoms. The number of carbonyl (C=O) groups is 2. The third kappa shape index (κ3) is 1.31. The van der Waals surface area contributed by atoms with Gasteiger partial charge in [0.15, 0.2) is 0 Å². The highest BCUT2D eigenvalue weighted by atomic mass is 32.2. The number of thioether (sulfide) groups is 1. The Labute approximate surface area is 97.0 Å². The van der Waals surface area contributed by atoms with Gasteiger partial charge in [0.2, 0.25) is 0 Å². The molecule has 2 aliphatic rings. The van der Waals surface area contributed by atoms with E-state index in [4.69, 9.17) is 0 Å². The van der Waals surface area contributed by atoms with Crippen LogP contribution in [-0.4, -0.2) is 28.6 Å². The second kappa shape index (κ2) is 3.52. The van der Waals surface area contributed by atoms with Crippen molar-refractivity contribution in [2.45, 2.75) is 11.4 Å². The average Bonchev–Trinajstić information content (AvgIpc) is 2.84. The number of rotatable bonds is 1. The van der Waals surface area contributed by atoms with Gasteiger partial charge in [-0.25, -0.2) is 4.79 Å². The van der Waals surface area contributed by atoms with Crippen LogP contribution in [0.2, 0.25) is 0 Å². The molecular formula is C11H10N2O2S. The van der Waals surface area contributed by atoms with Crippen LogP contribution in [0.1, 0.15) is 10.9 Å². The first-order chi connectivity index (χ1) is 7.77. The Kier molecular flexibility index (Phi) is 2.14. The highest BCUT2D eigenvalue weighted by molar-refractivity contribution is 7.99. The fourth-order valence-electron chi connectivity index (χ4n) is 2.08. The number of fused-ring (bicyclic) bond motifs is 1. The first-order valence-corrected chi connectivity index (χ1v) is 6.12. The standard InChI is InChI=1S/C11H10N2O2S/c14-9-8-6-16-10(13(8)11(15)12-9)7-4-2-1-3-5-7/h1-5,8,10H,6H2,(H,12,14,15). The largest absolute Gasteiger partial charge is 0.326 e. The molecule has 0 saturated carbocycles. The summed E-state index contributed by atoms with van der Waals surface area (Å²) >= 11 is 1.64. The van der Waals surface area contributed by atoms with Gasteiger partial charge in [0.05, 0.1) is 0 Å². The molecule has 2 unspecified atom stereocenters. The van der Waals surface area contributed by atoms with Crippen LogP contribution in [0.3, 0.4) is 0 Å². The quantitative estimate of drug-likeness (QED) is 0.746. The molecule has 4 nitrogen and oxygen atoms in total. The van der Waals surface area contributed by atoms with E-state index in [1.807, 2.05) is 30.3 Å². The number of hydrogen-bond acceptors (Lipinski definition) is 3. The van der Waals surface area contributed by atoms with Gasteiger partial charge in [-0.3, -0.25) is 15.0 Å². The van der Waals surface area contributed by atoms with Gasteiger partial charge in [-0.15, -0.1) is 11.8 Å². The number of urea groups is 1.